The first-order valence-corrected chi connectivity index (χ1v) is 9.22. The van der Waals surface area contributed by atoms with Crippen LogP contribution < -0.4 is 5.32 Å². The van der Waals surface area contributed by atoms with Crippen molar-refractivity contribution in [1.29, 1.82) is 0 Å². The SMILES string of the molecule is Cc1nn2c(CNC(=O)C3CCCC3)c(-c3ccccc3)nc2s1. The Bertz CT molecular complexity index is 862. The molecule has 24 heavy (non-hydrogen) atoms. The Balaban J connectivity index is 1.65. The van der Waals surface area contributed by atoms with Gasteiger partial charge in [-0.05, 0) is 19.8 Å². The fourth-order valence-corrected chi connectivity index (χ4v) is 4.14. The van der Waals surface area contributed by atoms with Crippen LogP contribution in [0.15, 0.2) is 30.3 Å². The Morgan fingerprint density at radius 2 is 2.04 bits per heavy atom. The van der Waals surface area contributed by atoms with Crippen LogP contribution in [0.3, 0.4) is 0 Å². The van der Waals surface area contributed by atoms with Gasteiger partial charge in [-0.2, -0.15) is 5.10 Å². The zero-order chi connectivity index (χ0) is 16.5. The van der Waals surface area contributed by atoms with Crippen molar-refractivity contribution in [3.05, 3.63) is 41.0 Å². The molecule has 1 amide bonds. The topological polar surface area (TPSA) is 59.3 Å². The van der Waals surface area contributed by atoms with E-state index >= 15 is 0 Å². The molecule has 0 saturated heterocycles. The van der Waals surface area contributed by atoms with Crippen LogP contribution in [0.5, 0.6) is 0 Å². The number of rotatable bonds is 4. The maximum Gasteiger partial charge on any atom is 0.223 e. The smallest absolute Gasteiger partial charge is 0.223 e. The molecule has 124 valence electrons. The van der Waals surface area contributed by atoms with E-state index in [0.29, 0.717) is 6.54 Å². The van der Waals surface area contributed by atoms with Gasteiger partial charge in [-0.3, -0.25) is 4.79 Å². The predicted octanol–water partition coefficient (Wildman–Crippen LogP) is 3.57. The Labute approximate surface area is 144 Å². The van der Waals surface area contributed by atoms with Gasteiger partial charge >= 0.3 is 0 Å². The van der Waals surface area contributed by atoms with Crippen LogP contribution in [0.1, 0.15) is 36.4 Å². The molecule has 0 bridgehead atoms. The summed E-state index contributed by atoms with van der Waals surface area (Å²) in [6, 6.07) is 10.1. The van der Waals surface area contributed by atoms with Gasteiger partial charge < -0.3 is 5.32 Å². The third kappa shape index (κ3) is 2.82. The van der Waals surface area contributed by atoms with E-state index in [2.05, 4.69) is 10.4 Å². The Morgan fingerprint density at radius 1 is 1.29 bits per heavy atom. The Hall–Kier alpha value is -2.21. The third-order valence-electron chi connectivity index (χ3n) is 4.60. The number of hydrogen-bond acceptors (Lipinski definition) is 4. The Morgan fingerprint density at radius 3 is 2.79 bits per heavy atom. The maximum absolute atomic E-state index is 12.4. The van der Waals surface area contributed by atoms with Crippen molar-refractivity contribution in [3.8, 4) is 11.3 Å². The average molecular weight is 340 g/mol. The minimum Gasteiger partial charge on any atom is -0.350 e. The first kappa shape index (κ1) is 15.3. The van der Waals surface area contributed by atoms with Gasteiger partial charge in [0.1, 0.15) is 5.01 Å². The summed E-state index contributed by atoms with van der Waals surface area (Å²) >= 11 is 1.57. The molecule has 1 saturated carbocycles. The van der Waals surface area contributed by atoms with Crippen LogP contribution in [-0.2, 0) is 11.3 Å². The first-order chi connectivity index (χ1) is 11.7. The molecule has 1 aliphatic carbocycles. The van der Waals surface area contributed by atoms with E-state index in [1.165, 1.54) is 0 Å². The average Bonchev–Trinajstić information content (AvgIpc) is 3.29. The van der Waals surface area contributed by atoms with E-state index in [0.717, 1.165) is 52.6 Å². The summed E-state index contributed by atoms with van der Waals surface area (Å²) in [6.45, 7) is 2.44. The van der Waals surface area contributed by atoms with Gasteiger partial charge in [0.2, 0.25) is 10.9 Å². The summed E-state index contributed by atoms with van der Waals surface area (Å²) in [5.41, 5.74) is 2.91. The summed E-state index contributed by atoms with van der Waals surface area (Å²) in [6.07, 6.45) is 4.34. The van der Waals surface area contributed by atoms with Crippen molar-refractivity contribution in [3.63, 3.8) is 0 Å². The number of hydrogen-bond donors (Lipinski definition) is 1. The largest absolute Gasteiger partial charge is 0.350 e. The van der Waals surface area contributed by atoms with E-state index < -0.39 is 0 Å². The molecular weight excluding hydrogens is 320 g/mol. The van der Waals surface area contributed by atoms with Crippen LogP contribution in [0, 0.1) is 12.8 Å². The van der Waals surface area contributed by atoms with Crippen LogP contribution in [0.25, 0.3) is 16.2 Å². The second kappa shape index (κ2) is 6.36. The van der Waals surface area contributed by atoms with Gasteiger partial charge in [0.25, 0.3) is 0 Å². The van der Waals surface area contributed by atoms with Crippen LogP contribution in [0.4, 0.5) is 0 Å². The third-order valence-corrected chi connectivity index (χ3v) is 5.42. The van der Waals surface area contributed by atoms with E-state index in [4.69, 9.17) is 4.98 Å². The quantitative estimate of drug-likeness (QED) is 0.790. The molecule has 0 atom stereocenters. The molecule has 1 aromatic carbocycles. The normalized spacial score (nSPS) is 15.2. The van der Waals surface area contributed by atoms with Gasteiger partial charge in [-0.15, -0.1) is 0 Å². The number of aryl methyl sites for hydroxylation is 1. The molecule has 0 spiro atoms. The lowest BCUT2D eigenvalue weighted by atomic mass is 10.1. The summed E-state index contributed by atoms with van der Waals surface area (Å²) in [4.78, 5) is 18.0. The minimum absolute atomic E-state index is 0.161. The van der Waals surface area contributed by atoms with Gasteiger partial charge in [-0.25, -0.2) is 9.50 Å². The van der Waals surface area contributed by atoms with Gasteiger partial charge in [0.15, 0.2) is 0 Å². The number of nitrogens with one attached hydrogen (secondary N) is 1. The molecule has 0 unspecified atom stereocenters. The fourth-order valence-electron chi connectivity index (χ4n) is 3.37. The van der Waals surface area contributed by atoms with Gasteiger partial charge in [0.05, 0.1) is 17.9 Å². The number of aromatic nitrogens is 3. The predicted molar refractivity (Wildman–Crippen MR) is 94.8 cm³/mol. The number of carbonyl (C=O) groups excluding carboxylic acids is 1. The first-order valence-electron chi connectivity index (χ1n) is 8.40. The summed E-state index contributed by atoms with van der Waals surface area (Å²) < 4.78 is 1.87. The molecule has 0 aliphatic heterocycles. The van der Waals surface area contributed by atoms with E-state index in [1.807, 2.05) is 41.8 Å². The summed E-state index contributed by atoms with van der Waals surface area (Å²) in [5.74, 6) is 0.333. The van der Waals surface area contributed by atoms with Crippen molar-refractivity contribution >= 4 is 22.2 Å². The highest BCUT2D eigenvalue weighted by Crippen LogP contribution is 2.28. The van der Waals surface area contributed by atoms with Crippen LogP contribution in [0.2, 0.25) is 0 Å². The van der Waals surface area contributed by atoms with Crippen LogP contribution >= 0.6 is 11.3 Å². The van der Waals surface area contributed by atoms with Gasteiger partial charge in [-0.1, -0.05) is 54.5 Å². The highest BCUT2D eigenvalue weighted by atomic mass is 32.1. The Kier molecular flexibility index (Phi) is 4.06. The van der Waals surface area contributed by atoms with Crippen molar-refractivity contribution in [2.75, 3.05) is 0 Å². The zero-order valence-corrected chi connectivity index (χ0v) is 14.5. The number of nitrogens with zero attached hydrogens (tertiary/aromatic N) is 3. The lowest BCUT2D eigenvalue weighted by molar-refractivity contribution is -0.124. The summed E-state index contributed by atoms with van der Waals surface area (Å²) in [5, 5.41) is 8.63. The number of amides is 1. The van der Waals surface area contributed by atoms with E-state index in [1.54, 1.807) is 11.3 Å². The van der Waals surface area contributed by atoms with Crippen molar-refractivity contribution in [2.45, 2.75) is 39.2 Å². The fraction of sp³-hybridized carbons (Fsp3) is 0.389. The maximum atomic E-state index is 12.4. The highest BCUT2D eigenvalue weighted by molar-refractivity contribution is 7.16. The molecule has 0 radical (unpaired) electrons. The molecule has 5 nitrogen and oxygen atoms in total. The second-order valence-corrected chi connectivity index (χ2v) is 7.45. The van der Waals surface area contributed by atoms with Crippen molar-refractivity contribution in [2.24, 2.45) is 5.92 Å². The lowest BCUT2D eigenvalue weighted by Gasteiger charge is -2.10. The molecule has 1 fully saturated rings. The number of imidazole rings is 1. The number of fused-ring (bicyclic) bond motifs is 1. The second-order valence-electron chi connectivity index (χ2n) is 6.29. The molecule has 2 aromatic heterocycles. The van der Waals surface area contributed by atoms with Crippen LogP contribution in [-0.4, -0.2) is 20.5 Å². The molecular formula is C18H20N4OS. The number of carbonyl (C=O) groups is 1. The molecule has 1 N–H and O–H groups in total. The van der Waals surface area contributed by atoms with Crippen molar-refractivity contribution in [1.82, 2.24) is 19.9 Å². The highest BCUT2D eigenvalue weighted by Gasteiger charge is 2.24. The van der Waals surface area contributed by atoms with Crippen molar-refractivity contribution < 1.29 is 4.79 Å². The lowest BCUT2D eigenvalue weighted by Crippen LogP contribution is -2.29. The molecule has 3 aromatic rings. The van der Waals surface area contributed by atoms with E-state index in [-0.39, 0.29) is 11.8 Å². The molecule has 2 heterocycles. The summed E-state index contributed by atoms with van der Waals surface area (Å²) in [7, 11) is 0. The molecule has 4 rings (SSSR count). The molecule has 1 aliphatic rings. The molecule has 6 heteroatoms. The monoisotopic (exact) mass is 340 g/mol. The zero-order valence-electron chi connectivity index (χ0n) is 13.7. The van der Waals surface area contributed by atoms with E-state index in [9.17, 15) is 4.79 Å². The number of benzene rings is 1. The standard InChI is InChI=1S/C18H20N4OS/c1-12-21-22-15(11-19-17(23)14-9-5-6-10-14)16(20-18(22)24-12)13-7-3-2-4-8-13/h2-4,7-8,14H,5-6,9-11H2,1H3,(H,19,23). The minimum atomic E-state index is 0.161. The van der Waals surface area contributed by atoms with Gasteiger partial charge in [0, 0.05) is 11.5 Å².